The molecule has 0 saturated carbocycles. The van der Waals surface area contributed by atoms with Crippen molar-refractivity contribution in [3.8, 4) is 0 Å². The zero-order valence-electron chi connectivity index (χ0n) is 15.8. The van der Waals surface area contributed by atoms with Crippen molar-refractivity contribution in [3.05, 3.63) is 66.6 Å². The van der Waals surface area contributed by atoms with E-state index >= 15 is 0 Å². The average molecular weight is 362 g/mol. The number of piperidine rings is 1. The highest BCUT2D eigenvalue weighted by molar-refractivity contribution is 5.94. The molecule has 1 aromatic carbocycles. The van der Waals surface area contributed by atoms with Gasteiger partial charge in [0.15, 0.2) is 0 Å². The van der Waals surface area contributed by atoms with E-state index in [0.717, 1.165) is 44.6 Å². The minimum Gasteiger partial charge on any atom is -0.346 e. The molecule has 1 aliphatic rings. The molecule has 0 spiro atoms. The first-order chi connectivity index (χ1) is 13.2. The first-order valence-electron chi connectivity index (χ1n) is 9.66. The second-order valence-corrected chi connectivity index (χ2v) is 7.31. The number of hydrogen-bond acceptors (Lipinski definition) is 3. The maximum Gasteiger partial charge on any atom is 0.253 e. The fraction of sp³-hybridized carbons (Fsp3) is 0.364. The van der Waals surface area contributed by atoms with Crippen LogP contribution in [-0.4, -0.2) is 58.0 Å². The number of amides is 1. The fourth-order valence-electron chi connectivity index (χ4n) is 3.97. The summed E-state index contributed by atoms with van der Waals surface area (Å²) in [5, 5.41) is 1.29. The number of nitrogens with zero attached hydrogens (tertiary/aromatic N) is 4. The first-order valence-corrected chi connectivity index (χ1v) is 9.66. The summed E-state index contributed by atoms with van der Waals surface area (Å²) in [6.45, 7) is 3.65. The van der Waals surface area contributed by atoms with Gasteiger partial charge in [-0.05, 0) is 49.5 Å². The van der Waals surface area contributed by atoms with E-state index in [1.165, 1.54) is 10.9 Å². The molecule has 4 rings (SSSR count). The van der Waals surface area contributed by atoms with E-state index in [2.05, 4.69) is 58.0 Å². The second kappa shape index (κ2) is 7.92. The highest BCUT2D eigenvalue weighted by atomic mass is 16.2. The van der Waals surface area contributed by atoms with Crippen molar-refractivity contribution in [2.45, 2.75) is 25.4 Å². The van der Waals surface area contributed by atoms with Crippen LogP contribution in [0.25, 0.3) is 10.9 Å². The number of carbonyl (C=O) groups is 1. The SMILES string of the molecule is CN(CCn1ccc2ccccc21)C1CCN(C(=O)c2ccncc2)CC1. The quantitative estimate of drug-likeness (QED) is 0.699. The van der Waals surface area contributed by atoms with E-state index in [4.69, 9.17) is 0 Å². The van der Waals surface area contributed by atoms with Crippen LogP contribution in [0.1, 0.15) is 23.2 Å². The molecule has 1 amide bonds. The molecule has 3 heterocycles. The zero-order chi connectivity index (χ0) is 18.6. The molecular weight excluding hydrogens is 336 g/mol. The Kier molecular flexibility index (Phi) is 5.21. The van der Waals surface area contributed by atoms with E-state index < -0.39 is 0 Å². The van der Waals surface area contributed by atoms with Crippen LogP contribution in [0.2, 0.25) is 0 Å². The summed E-state index contributed by atoms with van der Waals surface area (Å²) in [6.07, 6.45) is 7.59. The highest BCUT2D eigenvalue weighted by Gasteiger charge is 2.25. The van der Waals surface area contributed by atoms with Gasteiger partial charge in [0.25, 0.3) is 5.91 Å². The van der Waals surface area contributed by atoms with Gasteiger partial charge in [-0.1, -0.05) is 18.2 Å². The summed E-state index contributed by atoms with van der Waals surface area (Å²) in [7, 11) is 2.21. The standard InChI is InChI=1S/C22H26N4O/c1-24(16-17-25-13-8-18-4-2-3-5-21(18)25)20-9-14-26(15-10-20)22(27)19-6-11-23-12-7-19/h2-8,11-13,20H,9-10,14-17H2,1H3. The largest absolute Gasteiger partial charge is 0.346 e. The third-order valence-corrected chi connectivity index (χ3v) is 5.68. The van der Waals surface area contributed by atoms with E-state index in [9.17, 15) is 4.79 Å². The van der Waals surface area contributed by atoms with Gasteiger partial charge in [-0.2, -0.15) is 0 Å². The van der Waals surface area contributed by atoms with Crippen LogP contribution < -0.4 is 0 Å². The monoisotopic (exact) mass is 362 g/mol. The summed E-state index contributed by atoms with van der Waals surface area (Å²) in [5.74, 6) is 0.123. The lowest BCUT2D eigenvalue weighted by molar-refractivity contribution is 0.0643. The highest BCUT2D eigenvalue weighted by Crippen LogP contribution is 2.19. The number of aromatic nitrogens is 2. The number of carbonyl (C=O) groups excluding carboxylic acids is 1. The zero-order valence-corrected chi connectivity index (χ0v) is 15.8. The summed E-state index contributed by atoms with van der Waals surface area (Å²) in [6, 6.07) is 14.8. The maximum atomic E-state index is 12.6. The molecular formula is C22H26N4O. The van der Waals surface area contributed by atoms with Gasteiger partial charge in [-0.3, -0.25) is 9.78 Å². The van der Waals surface area contributed by atoms with Crippen molar-refractivity contribution < 1.29 is 4.79 Å². The normalized spacial score (nSPS) is 15.6. The third kappa shape index (κ3) is 3.88. The summed E-state index contributed by atoms with van der Waals surface area (Å²) in [5.41, 5.74) is 2.03. The molecule has 27 heavy (non-hydrogen) atoms. The minimum absolute atomic E-state index is 0.123. The van der Waals surface area contributed by atoms with Crippen molar-refractivity contribution in [1.82, 2.24) is 19.4 Å². The first kappa shape index (κ1) is 17.7. The summed E-state index contributed by atoms with van der Waals surface area (Å²) >= 11 is 0. The molecule has 3 aromatic rings. The van der Waals surface area contributed by atoms with Crippen LogP contribution in [0.5, 0.6) is 0 Å². The Morgan fingerprint density at radius 1 is 1.11 bits per heavy atom. The van der Waals surface area contributed by atoms with Gasteiger partial charge in [0.2, 0.25) is 0 Å². The Morgan fingerprint density at radius 2 is 1.85 bits per heavy atom. The van der Waals surface area contributed by atoms with Gasteiger partial charge >= 0.3 is 0 Å². The molecule has 5 heteroatoms. The molecule has 1 saturated heterocycles. The number of likely N-dealkylation sites (N-methyl/N-ethyl adjacent to an activating group) is 1. The molecule has 0 aliphatic carbocycles. The summed E-state index contributed by atoms with van der Waals surface area (Å²) < 4.78 is 2.33. The van der Waals surface area contributed by atoms with Gasteiger partial charge in [-0.25, -0.2) is 0 Å². The Bertz CT molecular complexity index is 897. The molecule has 0 N–H and O–H groups in total. The van der Waals surface area contributed by atoms with Crippen molar-refractivity contribution in [2.75, 3.05) is 26.7 Å². The molecule has 140 valence electrons. The predicted octanol–water partition coefficient (Wildman–Crippen LogP) is 3.27. The number of benzene rings is 1. The van der Waals surface area contributed by atoms with Gasteiger partial charge in [0.05, 0.1) is 0 Å². The topological polar surface area (TPSA) is 41.4 Å². The number of likely N-dealkylation sites (tertiary alicyclic amines) is 1. The van der Waals surface area contributed by atoms with Crippen LogP contribution in [0.4, 0.5) is 0 Å². The number of hydrogen-bond donors (Lipinski definition) is 0. The van der Waals surface area contributed by atoms with Gasteiger partial charge in [0.1, 0.15) is 0 Å². The molecule has 0 bridgehead atoms. The van der Waals surface area contributed by atoms with Crippen molar-refractivity contribution in [3.63, 3.8) is 0 Å². The summed E-state index contributed by atoms with van der Waals surface area (Å²) in [4.78, 5) is 21.0. The Labute approximate surface area is 160 Å². The predicted molar refractivity (Wildman–Crippen MR) is 108 cm³/mol. The maximum absolute atomic E-state index is 12.6. The lowest BCUT2D eigenvalue weighted by Gasteiger charge is -2.37. The molecule has 2 aromatic heterocycles. The van der Waals surface area contributed by atoms with E-state index in [0.29, 0.717) is 6.04 Å². The molecule has 1 aliphatic heterocycles. The lowest BCUT2D eigenvalue weighted by Crippen LogP contribution is -2.46. The molecule has 0 unspecified atom stereocenters. The van der Waals surface area contributed by atoms with Gasteiger partial charge in [-0.15, -0.1) is 0 Å². The second-order valence-electron chi connectivity index (χ2n) is 7.31. The van der Waals surface area contributed by atoms with Crippen molar-refractivity contribution in [2.24, 2.45) is 0 Å². The minimum atomic E-state index is 0.123. The van der Waals surface area contributed by atoms with Gasteiger partial charge < -0.3 is 14.4 Å². The van der Waals surface area contributed by atoms with Crippen LogP contribution in [-0.2, 0) is 6.54 Å². The van der Waals surface area contributed by atoms with E-state index in [-0.39, 0.29) is 5.91 Å². The number of rotatable bonds is 5. The average Bonchev–Trinajstić information content (AvgIpc) is 3.15. The fourth-order valence-corrected chi connectivity index (χ4v) is 3.97. The van der Waals surface area contributed by atoms with Crippen LogP contribution in [0.15, 0.2) is 61.1 Å². The molecule has 5 nitrogen and oxygen atoms in total. The molecule has 0 atom stereocenters. The van der Waals surface area contributed by atoms with Gasteiger partial charge in [0, 0.05) is 61.9 Å². The number of para-hydroxylation sites is 1. The Morgan fingerprint density at radius 3 is 2.63 bits per heavy atom. The van der Waals surface area contributed by atoms with E-state index in [1.807, 2.05) is 4.90 Å². The smallest absolute Gasteiger partial charge is 0.253 e. The molecule has 1 fully saturated rings. The Hall–Kier alpha value is -2.66. The van der Waals surface area contributed by atoms with Crippen molar-refractivity contribution >= 4 is 16.8 Å². The van der Waals surface area contributed by atoms with Crippen LogP contribution in [0, 0.1) is 0 Å². The van der Waals surface area contributed by atoms with Crippen LogP contribution in [0.3, 0.4) is 0 Å². The van der Waals surface area contributed by atoms with Crippen molar-refractivity contribution in [1.29, 1.82) is 0 Å². The molecule has 0 radical (unpaired) electrons. The lowest BCUT2D eigenvalue weighted by atomic mass is 10.0. The van der Waals surface area contributed by atoms with Crippen LogP contribution >= 0.6 is 0 Å². The Balaban J connectivity index is 1.30. The third-order valence-electron chi connectivity index (χ3n) is 5.68. The van der Waals surface area contributed by atoms with E-state index in [1.54, 1.807) is 24.5 Å². The number of pyridine rings is 1. The number of fused-ring (bicyclic) bond motifs is 1.